The van der Waals surface area contributed by atoms with E-state index in [2.05, 4.69) is 0 Å². The van der Waals surface area contributed by atoms with Gasteiger partial charge in [-0.3, -0.25) is 0 Å². The number of aliphatic hydroxyl groups is 1. The van der Waals surface area contributed by atoms with Gasteiger partial charge in [0.15, 0.2) is 0 Å². The van der Waals surface area contributed by atoms with Crippen molar-refractivity contribution in [3.63, 3.8) is 0 Å². The fourth-order valence-electron chi connectivity index (χ4n) is 1.33. The third-order valence-electron chi connectivity index (χ3n) is 2.42. The molecule has 0 heterocycles. The molecule has 1 aromatic carbocycles. The van der Waals surface area contributed by atoms with Crippen LogP contribution in [0.15, 0.2) is 18.2 Å². The van der Waals surface area contributed by atoms with Gasteiger partial charge in [-0.2, -0.15) is 0 Å². The summed E-state index contributed by atoms with van der Waals surface area (Å²) in [6.45, 7) is 3.56. The van der Waals surface area contributed by atoms with Crippen LogP contribution in [0.25, 0.3) is 0 Å². The lowest BCUT2D eigenvalue weighted by Crippen LogP contribution is -2.13. The quantitative estimate of drug-likeness (QED) is 0.794. The second kappa shape index (κ2) is 5.63. The second-order valence-electron chi connectivity index (χ2n) is 3.77. The Morgan fingerprint density at radius 1 is 1.38 bits per heavy atom. The number of carboxylic acids is 1. The Morgan fingerprint density at radius 3 is 2.62 bits per heavy atom. The first kappa shape index (κ1) is 12.7. The van der Waals surface area contributed by atoms with Crippen molar-refractivity contribution in [2.75, 3.05) is 13.2 Å². The van der Waals surface area contributed by atoms with Crippen molar-refractivity contribution >= 4 is 5.97 Å². The summed E-state index contributed by atoms with van der Waals surface area (Å²) >= 11 is 0. The van der Waals surface area contributed by atoms with Gasteiger partial charge in [0.1, 0.15) is 12.7 Å². The smallest absolute Gasteiger partial charge is 0.329 e. The van der Waals surface area contributed by atoms with E-state index in [0.717, 1.165) is 16.7 Å². The highest BCUT2D eigenvalue weighted by Gasteiger charge is 2.09. The normalized spacial score (nSPS) is 12.4. The lowest BCUT2D eigenvalue weighted by molar-refractivity contribution is -0.143. The molecule has 88 valence electrons. The van der Waals surface area contributed by atoms with Crippen LogP contribution < -0.4 is 0 Å². The van der Waals surface area contributed by atoms with Crippen molar-refractivity contribution in [1.29, 1.82) is 0 Å². The molecular weight excluding hydrogens is 208 g/mol. The van der Waals surface area contributed by atoms with E-state index >= 15 is 0 Å². The molecule has 0 aliphatic carbocycles. The number of rotatable bonds is 5. The van der Waals surface area contributed by atoms with Gasteiger partial charge in [-0.25, -0.2) is 4.79 Å². The molecule has 0 aliphatic heterocycles. The molecule has 0 aliphatic rings. The van der Waals surface area contributed by atoms with Crippen LogP contribution in [-0.2, 0) is 9.53 Å². The largest absolute Gasteiger partial charge is 0.480 e. The van der Waals surface area contributed by atoms with Crippen LogP contribution in [0, 0.1) is 13.8 Å². The summed E-state index contributed by atoms with van der Waals surface area (Å²) in [4.78, 5) is 10.2. The zero-order valence-corrected chi connectivity index (χ0v) is 9.43. The van der Waals surface area contributed by atoms with Crippen LogP contribution in [0.5, 0.6) is 0 Å². The average molecular weight is 224 g/mol. The number of hydrogen-bond acceptors (Lipinski definition) is 3. The van der Waals surface area contributed by atoms with E-state index in [1.807, 2.05) is 32.0 Å². The Bertz CT molecular complexity index is 373. The number of hydrogen-bond donors (Lipinski definition) is 2. The van der Waals surface area contributed by atoms with Crippen molar-refractivity contribution in [3.05, 3.63) is 34.9 Å². The van der Waals surface area contributed by atoms with Gasteiger partial charge in [-0.1, -0.05) is 18.2 Å². The molecule has 1 aromatic rings. The summed E-state index contributed by atoms with van der Waals surface area (Å²) in [5.74, 6) is -1.03. The molecule has 2 N–H and O–H groups in total. The molecule has 0 amide bonds. The number of aliphatic hydroxyl groups excluding tert-OH is 1. The Morgan fingerprint density at radius 2 is 2.06 bits per heavy atom. The standard InChI is InChI=1S/C12H16O4/c1-8-3-4-10(5-9(8)2)11(13)6-16-7-12(14)15/h3-5,11,13H,6-7H2,1-2H3,(H,14,15). The topological polar surface area (TPSA) is 66.8 Å². The van der Waals surface area contributed by atoms with Crippen LogP contribution in [0.3, 0.4) is 0 Å². The molecule has 4 heteroatoms. The van der Waals surface area contributed by atoms with Gasteiger partial charge in [0.05, 0.1) is 6.61 Å². The van der Waals surface area contributed by atoms with Gasteiger partial charge >= 0.3 is 5.97 Å². The molecule has 4 nitrogen and oxygen atoms in total. The van der Waals surface area contributed by atoms with E-state index in [4.69, 9.17) is 9.84 Å². The van der Waals surface area contributed by atoms with Crippen LogP contribution in [0.4, 0.5) is 0 Å². The molecule has 0 saturated heterocycles. The second-order valence-corrected chi connectivity index (χ2v) is 3.77. The van der Waals surface area contributed by atoms with E-state index < -0.39 is 12.1 Å². The SMILES string of the molecule is Cc1ccc(C(O)COCC(=O)O)cc1C. The lowest BCUT2D eigenvalue weighted by atomic mass is 10.0. The predicted molar refractivity (Wildman–Crippen MR) is 59.3 cm³/mol. The molecule has 0 spiro atoms. The summed E-state index contributed by atoms with van der Waals surface area (Å²) in [6, 6.07) is 5.62. The number of aryl methyl sites for hydroxylation is 2. The number of benzene rings is 1. The summed E-state index contributed by atoms with van der Waals surface area (Å²) < 4.78 is 4.83. The fraction of sp³-hybridized carbons (Fsp3) is 0.417. The Hall–Kier alpha value is -1.39. The van der Waals surface area contributed by atoms with Crippen molar-refractivity contribution in [1.82, 2.24) is 0 Å². The van der Waals surface area contributed by atoms with Gasteiger partial charge < -0.3 is 14.9 Å². The third-order valence-corrected chi connectivity index (χ3v) is 2.42. The van der Waals surface area contributed by atoms with Gasteiger partial charge in [0.2, 0.25) is 0 Å². The molecule has 1 atom stereocenters. The van der Waals surface area contributed by atoms with E-state index in [9.17, 15) is 9.90 Å². The third kappa shape index (κ3) is 3.64. The van der Waals surface area contributed by atoms with E-state index in [1.165, 1.54) is 0 Å². The summed E-state index contributed by atoms with van der Waals surface area (Å²) in [5, 5.41) is 18.1. The van der Waals surface area contributed by atoms with E-state index in [0.29, 0.717) is 0 Å². The molecule has 0 aromatic heterocycles. The molecule has 16 heavy (non-hydrogen) atoms. The van der Waals surface area contributed by atoms with Crippen LogP contribution in [-0.4, -0.2) is 29.4 Å². The molecular formula is C12H16O4. The molecule has 1 unspecified atom stereocenters. The first-order valence-corrected chi connectivity index (χ1v) is 5.05. The maximum atomic E-state index is 10.2. The van der Waals surface area contributed by atoms with Crippen molar-refractivity contribution in [3.8, 4) is 0 Å². The zero-order valence-electron chi connectivity index (χ0n) is 9.43. The number of carboxylic acid groups (broad SMARTS) is 1. The van der Waals surface area contributed by atoms with Crippen molar-refractivity contribution in [2.24, 2.45) is 0 Å². The summed E-state index contributed by atoms with van der Waals surface area (Å²) in [7, 11) is 0. The maximum absolute atomic E-state index is 10.2. The molecule has 0 saturated carbocycles. The Labute approximate surface area is 94.5 Å². The number of aliphatic carboxylic acids is 1. The highest BCUT2D eigenvalue weighted by molar-refractivity contribution is 5.67. The monoisotopic (exact) mass is 224 g/mol. The fourth-order valence-corrected chi connectivity index (χ4v) is 1.33. The van der Waals surface area contributed by atoms with Crippen molar-refractivity contribution in [2.45, 2.75) is 20.0 Å². The van der Waals surface area contributed by atoms with Crippen LogP contribution in [0.2, 0.25) is 0 Å². The van der Waals surface area contributed by atoms with Gasteiger partial charge in [-0.15, -0.1) is 0 Å². The molecule has 0 radical (unpaired) electrons. The molecule has 1 rings (SSSR count). The van der Waals surface area contributed by atoms with Crippen molar-refractivity contribution < 1.29 is 19.7 Å². The number of ether oxygens (including phenoxy) is 1. The van der Waals surface area contributed by atoms with Gasteiger partial charge in [0, 0.05) is 0 Å². The minimum atomic E-state index is -1.03. The van der Waals surface area contributed by atoms with Gasteiger partial charge in [0.25, 0.3) is 0 Å². The predicted octanol–water partition coefficient (Wildman–Crippen LogP) is 1.44. The molecule has 0 fully saturated rings. The van der Waals surface area contributed by atoms with E-state index in [-0.39, 0.29) is 13.2 Å². The Kier molecular flexibility index (Phi) is 4.46. The minimum absolute atomic E-state index is 0.00516. The summed E-state index contributed by atoms with van der Waals surface area (Å²) in [6.07, 6.45) is -0.779. The van der Waals surface area contributed by atoms with Crippen LogP contribution in [0.1, 0.15) is 22.8 Å². The maximum Gasteiger partial charge on any atom is 0.329 e. The first-order valence-electron chi connectivity index (χ1n) is 5.05. The lowest BCUT2D eigenvalue weighted by Gasteiger charge is -2.12. The molecule has 0 bridgehead atoms. The number of carbonyl (C=O) groups is 1. The minimum Gasteiger partial charge on any atom is -0.480 e. The van der Waals surface area contributed by atoms with Crippen LogP contribution >= 0.6 is 0 Å². The first-order chi connectivity index (χ1) is 7.50. The average Bonchev–Trinajstić information content (AvgIpc) is 2.21. The van der Waals surface area contributed by atoms with Gasteiger partial charge in [-0.05, 0) is 30.5 Å². The zero-order chi connectivity index (χ0) is 12.1. The summed E-state index contributed by atoms with van der Waals surface area (Å²) in [5.41, 5.74) is 2.99. The highest BCUT2D eigenvalue weighted by Crippen LogP contribution is 2.17. The highest BCUT2D eigenvalue weighted by atomic mass is 16.5. The van der Waals surface area contributed by atoms with E-state index in [1.54, 1.807) is 0 Å². The Balaban J connectivity index is 2.55.